The second-order valence-corrected chi connectivity index (χ2v) is 8.03. The van der Waals surface area contributed by atoms with Crippen molar-refractivity contribution in [3.63, 3.8) is 0 Å². The third-order valence-electron chi connectivity index (χ3n) is 4.93. The van der Waals surface area contributed by atoms with E-state index in [1.165, 1.54) is 16.1 Å². The molecule has 0 saturated carbocycles. The average molecular weight is 402 g/mol. The van der Waals surface area contributed by atoms with E-state index in [4.69, 9.17) is 4.74 Å². The number of anilines is 1. The Morgan fingerprint density at radius 2 is 2.04 bits per heavy atom. The minimum absolute atomic E-state index is 0.333. The lowest BCUT2D eigenvalue weighted by Crippen LogP contribution is -2.46. The van der Waals surface area contributed by atoms with Crippen molar-refractivity contribution in [1.82, 2.24) is 15.5 Å². The molecule has 2 N–H and O–H groups in total. The normalized spacial score (nSPS) is 16.6. The number of hydrogen-bond acceptors (Lipinski definition) is 5. The van der Waals surface area contributed by atoms with Crippen LogP contribution in [0.1, 0.15) is 16.5 Å². The molecule has 7 heteroatoms. The van der Waals surface area contributed by atoms with Gasteiger partial charge in [0.1, 0.15) is 0 Å². The van der Waals surface area contributed by atoms with Crippen LogP contribution in [0.3, 0.4) is 0 Å². The Kier molecular flexibility index (Phi) is 7.71. The van der Waals surface area contributed by atoms with E-state index in [2.05, 4.69) is 81.3 Å². The van der Waals surface area contributed by atoms with Gasteiger partial charge in [0.25, 0.3) is 0 Å². The van der Waals surface area contributed by atoms with Gasteiger partial charge in [-0.15, -0.1) is 11.3 Å². The molecule has 0 spiro atoms. The zero-order valence-electron chi connectivity index (χ0n) is 17.0. The van der Waals surface area contributed by atoms with Gasteiger partial charge in [0.15, 0.2) is 5.96 Å². The summed E-state index contributed by atoms with van der Waals surface area (Å²) in [5.74, 6) is 0.824. The summed E-state index contributed by atoms with van der Waals surface area (Å²) >= 11 is 1.81. The van der Waals surface area contributed by atoms with Gasteiger partial charge in [0.2, 0.25) is 0 Å². The number of benzene rings is 1. The fourth-order valence-corrected chi connectivity index (χ4v) is 4.18. The third-order valence-corrected chi connectivity index (χ3v) is 5.90. The molecule has 1 atom stereocenters. The largest absolute Gasteiger partial charge is 0.379 e. The van der Waals surface area contributed by atoms with Crippen molar-refractivity contribution in [2.24, 2.45) is 4.99 Å². The van der Waals surface area contributed by atoms with Gasteiger partial charge in [0, 0.05) is 57.9 Å². The van der Waals surface area contributed by atoms with Crippen molar-refractivity contribution < 1.29 is 4.74 Å². The Morgan fingerprint density at radius 3 is 2.71 bits per heavy atom. The second-order valence-electron chi connectivity index (χ2n) is 7.05. The van der Waals surface area contributed by atoms with Crippen LogP contribution in [0.5, 0.6) is 0 Å². The molecule has 2 heterocycles. The lowest BCUT2D eigenvalue weighted by Gasteiger charge is -2.34. The van der Waals surface area contributed by atoms with Crippen molar-refractivity contribution in [2.75, 3.05) is 58.9 Å². The van der Waals surface area contributed by atoms with Crippen LogP contribution in [0.4, 0.5) is 5.69 Å². The molecule has 1 fully saturated rings. The first-order valence-corrected chi connectivity index (χ1v) is 10.6. The minimum Gasteiger partial charge on any atom is -0.379 e. The summed E-state index contributed by atoms with van der Waals surface area (Å²) in [5.41, 5.74) is 2.43. The number of hydrogen-bond donors (Lipinski definition) is 2. The highest BCUT2D eigenvalue weighted by Gasteiger charge is 2.23. The lowest BCUT2D eigenvalue weighted by atomic mass is 10.2. The highest BCUT2D eigenvalue weighted by atomic mass is 32.1. The molecule has 0 amide bonds. The Labute approximate surface area is 172 Å². The molecule has 1 aromatic heterocycles. The van der Waals surface area contributed by atoms with Gasteiger partial charge < -0.3 is 20.3 Å². The molecule has 0 radical (unpaired) electrons. The second kappa shape index (κ2) is 10.5. The SMILES string of the molecule is CN=C(NCc1cccc(N(C)C)c1)NCC(c1cccs1)N1CCOCC1. The summed E-state index contributed by atoms with van der Waals surface area (Å²) in [7, 11) is 5.94. The van der Waals surface area contributed by atoms with Crippen LogP contribution in [-0.2, 0) is 11.3 Å². The fourth-order valence-electron chi connectivity index (χ4n) is 3.32. The van der Waals surface area contributed by atoms with E-state index in [1.807, 2.05) is 18.4 Å². The molecule has 1 aliphatic heterocycles. The lowest BCUT2D eigenvalue weighted by molar-refractivity contribution is 0.0177. The van der Waals surface area contributed by atoms with Crippen molar-refractivity contribution in [3.8, 4) is 0 Å². The molecule has 28 heavy (non-hydrogen) atoms. The van der Waals surface area contributed by atoms with Crippen LogP contribution >= 0.6 is 11.3 Å². The van der Waals surface area contributed by atoms with Crippen molar-refractivity contribution in [3.05, 3.63) is 52.2 Å². The molecule has 0 aliphatic carbocycles. The molecule has 1 aliphatic rings. The van der Waals surface area contributed by atoms with Gasteiger partial charge in [-0.3, -0.25) is 9.89 Å². The van der Waals surface area contributed by atoms with E-state index >= 15 is 0 Å². The van der Waals surface area contributed by atoms with Gasteiger partial charge >= 0.3 is 0 Å². The van der Waals surface area contributed by atoms with Crippen LogP contribution in [0.25, 0.3) is 0 Å². The standard InChI is InChI=1S/C21H31N5OS/c1-22-21(23-15-17-6-4-7-18(14-17)25(2)3)24-16-19(20-8-5-13-28-20)26-9-11-27-12-10-26/h4-8,13-14,19H,9-12,15-16H2,1-3H3,(H2,22,23,24). The minimum atomic E-state index is 0.333. The van der Waals surface area contributed by atoms with Crippen LogP contribution in [-0.4, -0.2) is 64.9 Å². The Balaban J connectivity index is 1.58. The summed E-state index contributed by atoms with van der Waals surface area (Å²) in [6, 6.07) is 13.2. The van der Waals surface area contributed by atoms with Gasteiger partial charge in [-0.1, -0.05) is 18.2 Å². The molecule has 3 rings (SSSR count). The van der Waals surface area contributed by atoms with Crippen molar-refractivity contribution in [2.45, 2.75) is 12.6 Å². The summed E-state index contributed by atoms with van der Waals surface area (Å²) < 4.78 is 5.53. The smallest absolute Gasteiger partial charge is 0.191 e. The van der Waals surface area contributed by atoms with E-state index < -0.39 is 0 Å². The van der Waals surface area contributed by atoms with Gasteiger partial charge in [-0.25, -0.2) is 0 Å². The van der Waals surface area contributed by atoms with Gasteiger partial charge in [0.05, 0.1) is 19.3 Å². The molecular formula is C21H31N5OS. The number of ether oxygens (including phenoxy) is 1. The molecular weight excluding hydrogens is 370 g/mol. The number of rotatable bonds is 7. The van der Waals surface area contributed by atoms with Crippen molar-refractivity contribution in [1.29, 1.82) is 0 Å². The maximum absolute atomic E-state index is 5.53. The van der Waals surface area contributed by atoms with E-state index in [0.29, 0.717) is 6.04 Å². The molecule has 6 nitrogen and oxygen atoms in total. The monoisotopic (exact) mass is 401 g/mol. The molecule has 1 unspecified atom stereocenters. The molecule has 2 aromatic rings. The first kappa shape index (κ1) is 20.6. The van der Waals surface area contributed by atoms with E-state index in [-0.39, 0.29) is 0 Å². The highest BCUT2D eigenvalue weighted by molar-refractivity contribution is 7.10. The number of nitrogens with zero attached hydrogens (tertiary/aromatic N) is 3. The quantitative estimate of drug-likeness (QED) is 0.552. The summed E-state index contributed by atoms with van der Waals surface area (Å²) in [6.45, 7) is 5.09. The number of guanidine groups is 1. The van der Waals surface area contributed by atoms with Crippen LogP contribution < -0.4 is 15.5 Å². The molecule has 0 bridgehead atoms. The van der Waals surface area contributed by atoms with Crippen molar-refractivity contribution >= 4 is 23.0 Å². The van der Waals surface area contributed by atoms with E-state index in [9.17, 15) is 0 Å². The number of aliphatic imine (C=N–C) groups is 1. The predicted molar refractivity (Wildman–Crippen MR) is 118 cm³/mol. The first-order chi connectivity index (χ1) is 13.7. The maximum atomic E-state index is 5.53. The van der Waals surface area contributed by atoms with E-state index in [0.717, 1.165) is 45.4 Å². The van der Waals surface area contributed by atoms with Gasteiger partial charge in [-0.05, 0) is 29.1 Å². The van der Waals surface area contributed by atoms with Crippen LogP contribution in [0.15, 0.2) is 46.8 Å². The third kappa shape index (κ3) is 5.70. The maximum Gasteiger partial charge on any atom is 0.191 e. The zero-order chi connectivity index (χ0) is 19.8. The number of nitrogens with one attached hydrogen (secondary N) is 2. The summed E-state index contributed by atoms with van der Waals surface area (Å²) in [4.78, 5) is 10.4. The van der Waals surface area contributed by atoms with E-state index in [1.54, 1.807) is 0 Å². The average Bonchev–Trinajstić information content (AvgIpc) is 3.26. The Bertz CT molecular complexity index is 741. The highest BCUT2D eigenvalue weighted by Crippen LogP contribution is 2.25. The first-order valence-electron chi connectivity index (χ1n) is 9.73. The Morgan fingerprint density at radius 1 is 1.21 bits per heavy atom. The summed E-state index contributed by atoms with van der Waals surface area (Å²) in [6.07, 6.45) is 0. The number of thiophene rings is 1. The zero-order valence-corrected chi connectivity index (χ0v) is 17.8. The predicted octanol–water partition coefficient (Wildman–Crippen LogP) is 2.55. The molecule has 1 aromatic carbocycles. The van der Waals surface area contributed by atoms with Crippen LogP contribution in [0.2, 0.25) is 0 Å². The fraction of sp³-hybridized carbons (Fsp3) is 0.476. The molecule has 152 valence electrons. The molecule has 1 saturated heterocycles. The topological polar surface area (TPSA) is 52.1 Å². The summed E-state index contributed by atoms with van der Waals surface area (Å²) in [5, 5.41) is 9.10. The van der Waals surface area contributed by atoms with Gasteiger partial charge in [-0.2, -0.15) is 0 Å². The Hall–Kier alpha value is -2.09. The van der Waals surface area contributed by atoms with Crippen LogP contribution in [0, 0.1) is 0 Å². The number of morpholine rings is 1.